The van der Waals surface area contributed by atoms with Crippen molar-refractivity contribution in [3.8, 4) is 0 Å². The number of hydrogen-bond donors (Lipinski definition) is 4. The van der Waals surface area contributed by atoms with E-state index in [0.717, 1.165) is 48.4 Å². The second-order valence-electron chi connectivity index (χ2n) is 10.0. The minimum Gasteiger partial charge on any atom is -0.390 e. The van der Waals surface area contributed by atoms with Crippen molar-refractivity contribution in [3.05, 3.63) is 48.0 Å². The van der Waals surface area contributed by atoms with Crippen molar-refractivity contribution in [1.29, 1.82) is 0 Å². The summed E-state index contributed by atoms with van der Waals surface area (Å²) < 4.78 is 0. The summed E-state index contributed by atoms with van der Waals surface area (Å²) in [5, 5.41) is 17.6. The topological polar surface area (TPSA) is 125 Å². The van der Waals surface area contributed by atoms with Gasteiger partial charge in [-0.3, -0.25) is 14.4 Å². The van der Waals surface area contributed by atoms with E-state index >= 15 is 0 Å². The van der Waals surface area contributed by atoms with Crippen molar-refractivity contribution in [3.63, 3.8) is 0 Å². The average molecular weight is 511 g/mol. The van der Waals surface area contributed by atoms with Gasteiger partial charge in [0.25, 0.3) is 0 Å². The zero-order chi connectivity index (χ0) is 26.8. The lowest BCUT2D eigenvalue weighted by Gasteiger charge is -2.29. The van der Waals surface area contributed by atoms with Crippen LogP contribution in [0.1, 0.15) is 57.9 Å². The number of likely N-dealkylation sites (tertiary alicyclic amines) is 1. The number of hydrogen-bond acceptors (Lipinski definition) is 5. The monoisotopic (exact) mass is 510 g/mol. The summed E-state index contributed by atoms with van der Waals surface area (Å²) in [4.78, 5) is 41.6. The number of aliphatic hydroxyl groups excluding tert-OH is 1. The number of aliphatic hydroxyl groups is 1. The van der Waals surface area contributed by atoms with Crippen molar-refractivity contribution in [2.75, 3.05) is 19.6 Å². The van der Waals surface area contributed by atoms with Gasteiger partial charge in [-0.25, -0.2) is 0 Å². The molecule has 1 heterocycles. The summed E-state index contributed by atoms with van der Waals surface area (Å²) in [5.74, 6) is -0.724. The summed E-state index contributed by atoms with van der Waals surface area (Å²) in [7, 11) is 0. The van der Waals surface area contributed by atoms with E-state index in [-0.39, 0.29) is 43.1 Å². The molecule has 0 saturated carbocycles. The Morgan fingerprint density at radius 1 is 1.08 bits per heavy atom. The number of carbonyl (C=O) groups is 3. The average Bonchev–Trinajstić information content (AvgIpc) is 3.40. The molecule has 5 N–H and O–H groups in total. The van der Waals surface area contributed by atoms with Crippen molar-refractivity contribution >= 4 is 28.5 Å². The fourth-order valence-electron chi connectivity index (χ4n) is 5.13. The molecule has 1 aliphatic rings. The highest BCUT2D eigenvalue weighted by Crippen LogP contribution is 2.25. The van der Waals surface area contributed by atoms with Crippen LogP contribution in [0.15, 0.2) is 42.5 Å². The molecule has 2 aromatic rings. The minimum atomic E-state index is -0.863. The number of amides is 3. The Balaban J connectivity index is 1.77. The number of rotatable bonds is 13. The quantitative estimate of drug-likeness (QED) is 0.330. The third kappa shape index (κ3) is 7.76. The molecule has 1 saturated heterocycles. The smallest absolute Gasteiger partial charge is 0.243 e. The van der Waals surface area contributed by atoms with Gasteiger partial charge in [0.05, 0.1) is 6.10 Å². The van der Waals surface area contributed by atoms with Gasteiger partial charge in [-0.15, -0.1) is 0 Å². The maximum atomic E-state index is 13.5. The van der Waals surface area contributed by atoms with E-state index in [1.165, 1.54) is 0 Å². The first-order valence-electron chi connectivity index (χ1n) is 13.6. The Morgan fingerprint density at radius 2 is 1.78 bits per heavy atom. The van der Waals surface area contributed by atoms with Crippen molar-refractivity contribution < 1.29 is 19.5 Å². The molecule has 3 rings (SSSR count). The molecule has 2 unspecified atom stereocenters. The fraction of sp³-hybridized carbons (Fsp3) is 0.552. The van der Waals surface area contributed by atoms with Crippen LogP contribution < -0.4 is 16.4 Å². The van der Waals surface area contributed by atoms with Crippen LogP contribution in [-0.4, -0.2) is 65.5 Å². The van der Waals surface area contributed by atoms with Crippen LogP contribution in [-0.2, 0) is 20.8 Å². The van der Waals surface area contributed by atoms with E-state index in [1.54, 1.807) is 4.90 Å². The normalized spacial score (nSPS) is 17.1. The van der Waals surface area contributed by atoms with Crippen LogP contribution >= 0.6 is 0 Å². The molecule has 1 fully saturated rings. The predicted octanol–water partition coefficient (Wildman–Crippen LogP) is 2.51. The van der Waals surface area contributed by atoms with Crippen LogP contribution in [0, 0.1) is 5.92 Å². The molecular weight excluding hydrogens is 468 g/mol. The van der Waals surface area contributed by atoms with Crippen LogP contribution in [0.5, 0.6) is 0 Å². The van der Waals surface area contributed by atoms with Gasteiger partial charge >= 0.3 is 0 Å². The van der Waals surface area contributed by atoms with E-state index in [9.17, 15) is 19.5 Å². The van der Waals surface area contributed by atoms with Crippen molar-refractivity contribution in [1.82, 2.24) is 15.5 Å². The lowest BCUT2D eigenvalue weighted by molar-refractivity contribution is -0.142. The van der Waals surface area contributed by atoms with Crippen LogP contribution in [0.2, 0.25) is 0 Å². The van der Waals surface area contributed by atoms with Gasteiger partial charge in [0.15, 0.2) is 0 Å². The number of nitrogens with zero attached hydrogens (tertiary/aromatic N) is 1. The highest BCUT2D eigenvalue weighted by atomic mass is 16.3. The first-order chi connectivity index (χ1) is 17.9. The maximum Gasteiger partial charge on any atom is 0.243 e. The van der Waals surface area contributed by atoms with Gasteiger partial charge in [0, 0.05) is 32.0 Å². The molecule has 0 spiro atoms. The zero-order valence-electron chi connectivity index (χ0n) is 22.1. The first kappa shape index (κ1) is 28.6. The Bertz CT molecular complexity index is 1050. The zero-order valence-corrected chi connectivity index (χ0v) is 22.1. The maximum absolute atomic E-state index is 13.5. The molecule has 37 heavy (non-hydrogen) atoms. The third-order valence-corrected chi connectivity index (χ3v) is 7.13. The standard InChI is InChI=1S/C29H42N4O4/c1-3-8-22(9-4-2)29(37)33-15-7-12-26(33)28(36)32-25(27(35)31-19-24(34)18-30)17-20-13-14-21-10-5-6-11-23(21)16-20/h5-6,10-11,13-14,16,22,24-26,34H,3-4,7-9,12,15,17-19,30H2,1-2H3,(H,31,35)(H,32,36)/t24?,25-,26?/m1/s1. The van der Waals surface area contributed by atoms with Crippen LogP contribution in [0.25, 0.3) is 10.8 Å². The largest absolute Gasteiger partial charge is 0.390 e. The van der Waals surface area contributed by atoms with E-state index in [1.807, 2.05) is 42.5 Å². The van der Waals surface area contributed by atoms with Gasteiger partial charge in [-0.2, -0.15) is 0 Å². The molecule has 3 atom stereocenters. The van der Waals surface area contributed by atoms with Gasteiger partial charge < -0.3 is 26.4 Å². The summed E-state index contributed by atoms with van der Waals surface area (Å²) in [6, 6.07) is 12.5. The molecule has 0 radical (unpaired) electrons. The summed E-state index contributed by atoms with van der Waals surface area (Å²) in [5.41, 5.74) is 6.38. The molecule has 0 aliphatic carbocycles. The van der Waals surface area contributed by atoms with E-state index in [0.29, 0.717) is 13.0 Å². The lowest BCUT2D eigenvalue weighted by atomic mass is 9.96. The molecule has 0 bridgehead atoms. The van der Waals surface area contributed by atoms with Crippen molar-refractivity contribution in [2.24, 2.45) is 11.7 Å². The highest BCUT2D eigenvalue weighted by Gasteiger charge is 2.38. The summed E-state index contributed by atoms with van der Waals surface area (Å²) in [6.07, 6.45) is 4.24. The number of nitrogens with two attached hydrogens (primary N) is 1. The predicted molar refractivity (Wildman–Crippen MR) is 146 cm³/mol. The fourth-order valence-corrected chi connectivity index (χ4v) is 5.13. The van der Waals surface area contributed by atoms with Gasteiger partial charge in [0.2, 0.25) is 17.7 Å². The van der Waals surface area contributed by atoms with Gasteiger partial charge in [0.1, 0.15) is 12.1 Å². The highest BCUT2D eigenvalue weighted by molar-refractivity contribution is 5.93. The van der Waals surface area contributed by atoms with Gasteiger partial charge in [-0.1, -0.05) is 69.2 Å². The van der Waals surface area contributed by atoms with Crippen molar-refractivity contribution in [2.45, 2.75) is 77.0 Å². The number of carbonyl (C=O) groups excluding carboxylic acids is 3. The third-order valence-electron chi connectivity index (χ3n) is 7.13. The second kappa shape index (κ2) is 14.1. The molecule has 1 aliphatic heterocycles. The molecule has 8 heteroatoms. The Kier molecular flexibility index (Phi) is 10.9. The Morgan fingerprint density at radius 3 is 2.46 bits per heavy atom. The Hall–Kier alpha value is -2.97. The molecule has 8 nitrogen and oxygen atoms in total. The molecule has 0 aromatic heterocycles. The second-order valence-corrected chi connectivity index (χ2v) is 10.0. The summed E-state index contributed by atoms with van der Waals surface area (Å²) in [6.45, 7) is 4.73. The SMILES string of the molecule is CCCC(CCC)C(=O)N1CCCC1C(=O)N[C@H](Cc1ccc2ccccc2c1)C(=O)NCC(O)CN. The minimum absolute atomic E-state index is 0.00315. The summed E-state index contributed by atoms with van der Waals surface area (Å²) >= 11 is 0. The van der Waals surface area contributed by atoms with Crippen LogP contribution in [0.4, 0.5) is 0 Å². The van der Waals surface area contributed by atoms with E-state index in [2.05, 4.69) is 24.5 Å². The van der Waals surface area contributed by atoms with Crippen LogP contribution in [0.3, 0.4) is 0 Å². The molecule has 3 amide bonds. The number of nitrogens with one attached hydrogen (secondary N) is 2. The van der Waals surface area contributed by atoms with E-state index in [4.69, 9.17) is 5.73 Å². The first-order valence-corrected chi connectivity index (χ1v) is 13.6. The Labute approximate surface area is 220 Å². The molecule has 2 aromatic carbocycles. The van der Waals surface area contributed by atoms with Gasteiger partial charge in [-0.05, 0) is 42.0 Å². The van der Waals surface area contributed by atoms with E-state index < -0.39 is 18.2 Å². The number of benzene rings is 2. The molecule has 202 valence electrons. The molecular formula is C29H42N4O4. The lowest BCUT2D eigenvalue weighted by Crippen LogP contribution is -2.55. The number of fused-ring (bicyclic) bond motifs is 1.